The minimum absolute atomic E-state index is 0.0235. The number of aliphatic imine (C=N–C) groups is 1. The van der Waals surface area contributed by atoms with E-state index in [0.29, 0.717) is 12.1 Å². The predicted molar refractivity (Wildman–Crippen MR) is 156 cm³/mol. The molecule has 0 saturated carbocycles. The molecule has 0 bridgehead atoms. The number of ether oxygens (including phenoxy) is 4. The molecular weight excluding hydrogens is 576 g/mol. The fraction of sp³-hybridized carbons (Fsp3) is 0.161. The van der Waals surface area contributed by atoms with Crippen LogP contribution in [0.4, 0.5) is 8.78 Å². The smallest absolute Gasteiger partial charge is 0.338 e. The van der Waals surface area contributed by atoms with Crippen LogP contribution in [0.15, 0.2) is 71.7 Å². The molecule has 0 amide bonds. The number of nitrogens with two attached hydrogens (primary N) is 1. The molecule has 0 atom stereocenters. The molecular formula is C31H27F2N5O6. The van der Waals surface area contributed by atoms with E-state index in [9.17, 15) is 9.90 Å². The Hall–Kier alpha value is -5.72. The van der Waals surface area contributed by atoms with Crippen molar-refractivity contribution in [2.24, 2.45) is 10.7 Å². The summed E-state index contributed by atoms with van der Waals surface area (Å²) < 4.78 is 53.4. The van der Waals surface area contributed by atoms with E-state index in [1.807, 2.05) is 18.0 Å². The van der Waals surface area contributed by atoms with Crippen molar-refractivity contribution in [3.05, 3.63) is 95.1 Å². The number of carbonyl (C=O) groups excluding carboxylic acids is 1. The van der Waals surface area contributed by atoms with Gasteiger partial charge in [0.25, 0.3) is 11.8 Å². The van der Waals surface area contributed by atoms with E-state index < -0.39 is 40.9 Å². The molecule has 0 aliphatic carbocycles. The monoisotopic (exact) mass is 603 g/mol. The number of esters is 1. The molecule has 44 heavy (non-hydrogen) atoms. The maximum absolute atomic E-state index is 15.8. The van der Waals surface area contributed by atoms with E-state index in [0.717, 1.165) is 12.4 Å². The van der Waals surface area contributed by atoms with Gasteiger partial charge in [-0.2, -0.15) is 13.8 Å². The number of nitrogen functional groups attached to an aromatic ring is 1. The van der Waals surface area contributed by atoms with E-state index in [1.54, 1.807) is 25.1 Å². The molecule has 1 aromatic heterocycles. The lowest BCUT2D eigenvalue weighted by Crippen LogP contribution is -2.23. The highest BCUT2D eigenvalue weighted by atomic mass is 19.1. The zero-order chi connectivity index (χ0) is 31.4. The maximum Gasteiger partial charge on any atom is 0.338 e. The maximum atomic E-state index is 15.8. The highest BCUT2D eigenvalue weighted by Gasteiger charge is 2.27. The number of hydrogen-bond acceptors (Lipinski definition) is 10. The molecule has 226 valence electrons. The van der Waals surface area contributed by atoms with Crippen molar-refractivity contribution in [3.63, 3.8) is 0 Å². The number of carbonyl (C=O) groups is 1. The number of rotatable bonds is 10. The summed E-state index contributed by atoms with van der Waals surface area (Å²) in [5.74, 6) is -5.83. The minimum atomic E-state index is -1.35. The Balaban J connectivity index is 1.54. The van der Waals surface area contributed by atoms with Gasteiger partial charge < -0.3 is 34.7 Å². The van der Waals surface area contributed by atoms with Crippen molar-refractivity contribution >= 4 is 17.6 Å². The average Bonchev–Trinajstić information content (AvgIpc) is 3.45. The number of phenolic OH excluding ortho intramolecular Hbond substituents is 1. The van der Waals surface area contributed by atoms with Crippen molar-refractivity contribution in [2.75, 3.05) is 26.7 Å². The third-order valence-corrected chi connectivity index (χ3v) is 6.41. The lowest BCUT2D eigenvalue weighted by molar-refractivity contribution is 0.0526. The molecule has 1 aliphatic rings. The normalized spacial score (nSPS) is 12.5. The van der Waals surface area contributed by atoms with Gasteiger partial charge in [0.2, 0.25) is 17.4 Å². The number of phenols is 1. The largest absolute Gasteiger partial charge is 0.504 e. The number of halogens is 2. The zero-order valence-electron chi connectivity index (χ0n) is 23.6. The van der Waals surface area contributed by atoms with Gasteiger partial charge in [0.1, 0.15) is 23.2 Å². The lowest BCUT2D eigenvalue weighted by atomic mass is 10.2. The molecule has 5 rings (SSSR count). The first-order valence-corrected chi connectivity index (χ1v) is 13.4. The Morgan fingerprint density at radius 2 is 1.68 bits per heavy atom. The summed E-state index contributed by atoms with van der Waals surface area (Å²) in [6.45, 7) is 3.21. The summed E-state index contributed by atoms with van der Waals surface area (Å²) in [4.78, 5) is 22.3. The number of aromatic nitrogens is 1. The second-order valence-electron chi connectivity index (χ2n) is 9.48. The first-order chi connectivity index (χ1) is 21.1. The topological polar surface area (TPSA) is 153 Å². The fourth-order valence-electron chi connectivity index (χ4n) is 4.22. The summed E-state index contributed by atoms with van der Waals surface area (Å²) in [5.41, 5.74) is 6.63. The van der Waals surface area contributed by atoms with E-state index in [1.165, 1.54) is 42.5 Å². The Morgan fingerprint density at radius 1 is 0.977 bits per heavy atom. The summed E-state index contributed by atoms with van der Waals surface area (Å²) in [7, 11) is 1.89. The summed E-state index contributed by atoms with van der Waals surface area (Å²) in [5, 5.41) is 18.0. The Labute approximate surface area is 250 Å². The van der Waals surface area contributed by atoms with E-state index in [2.05, 4.69) is 9.98 Å². The highest BCUT2D eigenvalue weighted by Crippen LogP contribution is 2.41. The summed E-state index contributed by atoms with van der Waals surface area (Å²) in [6.07, 6.45) is 0. The molecule has 3 aromatic carbocycles. The molecule has 0 spiro atoms. The van der Waals surface area contributed by atoms with Gasteiger partial charge in [-0.1, -0.05) is 12.1 Å². The Kier molecular flexibility index (Phi) is 8.56. The zero-order valence-corrected chi connectivity index (χ0v) is 23.6. The van der Waals surface area contributed by atoms with Crippen molar-refractivity contribution < 1.29 is 37.6 Å². The van der Waals surface area contributed by atoms with Crippen molar-refractivity contribution in [1.82, 2.24) is 9.88 Å². The summed E-state index contributed by atoms with van der Waals surface area (Å²) in [6, 6.07) is 15.8. The van der Waals surface area contributed by atoms with Crippen LogP contribution in [0.1, 0.15) is 28.4 Å². The van der Waals surface area contributed by atoms with Crippen LogP contribution in [0.5, 0.6) is 40.5 Å². The number of benzene rings is 3. The molecule has 11 nitrogen and oxygen atoms in total. The molecule has 1 aliphatic heterocycles. The van der Waals surface area contributed by atoms with Crippen LogP contribution in [0.2, 0.25) is 0 Å². The van der Waals surface area contributed by atoms with E-state index in [-0.39, 0.29) is 40.8 Å². The third-order valence-electron chi connectivity index (χ3n) is 6.41. The average molecular weight is 604 g/mol. The van der Waals surface area contributed by atoms with E-state index >= 15 is 8.78 Å². The predicted octanol–water partition coefficient (Wildman–Crippen LogP) is 5.60. The van der Waals surface area contributed by atoms with Crippen LogP contribution < -0.4 is 19.9 Å². The number of likely N-dealkylation sites (N-methyl/N-ethyl adjacent to an activating group) is 1. The van der Waals surface area contributed by atoms with Gasteiger partial charge in [-0.3, -0.25) is 10.4 Å². The van der Waals surface area contributed by atoms with Gasteiger partial charge in [-0.05, 0) is 61.5 Å². The quantitative estimate of drug-likeness (QED) is 0.120. The SMILES string of the molecule is CCOC(=O)c1ccc(Oc2c(F)c(Oc3cccc(C4=NCCN4C)c3)nc(Oc3cc(C(=N)N)ccc3O)c2F)cc1. The van der Waals surface area contributed by atoms with Gasteiger partial charge in [0.15, 0.2) is 11.5 Å². The highest BCUT2D eigenvalue weighted by molar-refractivity contribution is 6.00. The Bertz CT molecular complexity index is 1760. The van der Waals surface area contributed by atoms with Gasteiger partial charge in [0, 0.05) is 24.7 Å². The van der Waals surface area contributed by atoms with Crippen LogP contribution in [-0.4, -0.2) is 59.4 Å². The number of nitrogens with zero attached hydrogens (tertiary/aromatic N) is 3. The molecule has 0 fully saturated rings. The van der Waals surface area contributed by atoms with Gasteiger partial charge >= 0.3 is 5.97 Å². The van der Waals surface area contributed by atoms with Crippen LogP contribution in [0.25, 0.3) is 0 Å². The number of hydrogen-bond donors (Lipinski definition) is 3. The van der Waals surface area contributed by atoms with Gasteiger partial charge in [-0.25, -0.2) is 4.79 Å². The molecule has 0 radical (unpaired) electrons. The van der Waals surface area contributed by atoms with Crippen LogP contribution in [0, 0.1) is 17.0 Å². The van der Waals surface area contributed by atoms with Crippen molar-refractivity contribution in [1.29, 1.82) is 5.41 Å². The van der Waals surface area contributed by atoms with Crippen molar-refractivity contribution in [2.45, 2.75) is 6.92 Å². The fourth-order valence-corrected chi connectivity index (χ4v) is 4.22. The second kappa shape index (κ2) is 12.7. The molecule has 0 saturated heterocycles. The molecule has 4 N–H and O–H groups in total. The standard InChI is InChI=1S/C31H27F2N5O6/c1-3-41-31(40)17-7-10-20(11-8-17)42-26-24(32)29(43-21-6-4-5-19(15-21)28-36-13-14-38(28)2)37-30(25(26)33)44-23-16-18(27(34)35)9-12-22(23)39/h4-12,15-16,39H,3,13-14H2,1-2H3,(H3,34,35). The van der Waals surface area contributed by atoms with Crippen LogP contribution >= 0.6 is 0 Å². The second-order valence-corrected chi connectivity index (χ2v) is 9.48. The molecule has 2 heterocycles. The molecule has 4 aromatic rings. The number of amidine groups is 2. The Morgan fingerprint density at radius 3 is 2.34 bits per heavy atom. The van der Waals surface area contributed by atoms with Gasteiger partial charge in [-0.15, -0.1) is 0 Å². The molecule has 0 unspecified atom stereocenters. The lowest BCUT2D eigenvalue weighted by Gasteiger charge is -2.16. The number of aromatic hydroxyl groups is 1. The first-order valence-electron chi connectivity index (χ1n) is 13.4. The summed E-state index contributed by atoms with van der Waals surface area (Å²) >= 11 is 0. The minimum Gasteiger partial charge on any atom is -0.504 e. The van der Waals surface area contributed by atoms with Gasteiger partial charge in [0.05, 0.1) is 18.7 Å². The van der Waals surface area contributed by atoms with E-state index in [4.69, 9.17) is 30.1 Å². The van der Waals surface area contributed by atoms with Crippen molar-refractivity contribution in [3.8, 4) is 40.5 Å². The van der Waals surface area contributed by atoms with Crippen LogP contribution in [0.3, 0.4) is 0 Å². The molecule has 13 heteroatoms. The third kappa shape index (κ3) is 6.36. The first kappa shape index (κ1) is 29.8. The van der Waals surface area contributed by atoms with Crippen LogP contribution in [-0.2, 0) is 4.74 Å². The number of nitrogens with one attached hydrogen (secondary N) is 1. The number of pyridine rings is 1.